The van der Waals surface area contributed by atoms with Crippen LogP contribution in [0.3, 0.4) is 0 Å². The molecule has 0 amide bonds. The molecule has 0 unspecified atom stereocenters. The number of nitrogens with zero attached hydrogens (tertiary/aromatic N) is 2. The number of aryl methyl sites for hydroxylation is 4. The van der Waals surface area contributed by atoms with Gasteiger partial charge in [0.1, 0.15) is 0 Å². The maximum atomic E-state index is 2.57. The molecule has 0 heterocycles. The zero-order valence-electron chi connectivity index (χ0n) is 35.4. The predicted octanol–water partition coefficient (Wildman–Crippen LogP) is 15.0. The van der Waals surface area contributed by atoms with Crippen LogP contribution in [0.15, 0.2) is 218 Å². The maximum absolute atomic E-state index is 2.57. The van der Waals surface area contributed by atoms with Crippen molar-refractivity contribution < 1.29 is 0 Å². The van der Waals surface area contributed by atoms with Crippen LogP contribution >= 0.6 is 0 Å². The molecule has 0 aromatic heterocycles. The van der Waals surface area contributed by atoms with Crippen LogP contribution < -0.4 is 9.80 Å². The summed E-state index contributed by atoms with van der Waals surface area (Å²) in [4.78, 5) is 5.00. The third-order valence-electron chi connectivity index (χ3n) is 14.0. The minimum absolute atomic E-state index is 0.448. The van der Waals surface area contributed by atoms with Crippen molar-refractivity contribution in [3.05, 3.63) is 274 Å². The van der Waals surface area contributed by atoms with E-state index < -0.39 is 5.41 Å². The summed E-state index contributed by atoms with van der Waals surface area (Å²) in [5.41, 5.74) is 23.1. The predicted molar refractivity (Wildman–Crippen MR) is 262 cm³/mol. The Hall–Kier alpha value is -7.42. The third kappa shape index (κ3) is 6.40. The van der Waals surface area contributed by atoms with Gasteiger partial charge in [-0.2, -0.15) is 0 Å². The lowest BCUT2D eigenvalue weighted by Gasteiger charge is -2.38. The molecule has 0 aliphatic heterocycles. The van der Waals surface area contributed by atoms with Gasteiger partial charge in [0.15, 0.2) is 0 Å². The zero-order chi connectivity index (χ0) is 41.7. The van der Waals surface area contributed by atoms with Gasteiger partial charge in [-0.25, -0.2) is 0 Å². The molecule has 63 heavy (non-hydrogen) atoms. The molecule has 0 radical (unpaired) electrons. The quantitative estimate of drug-likeness (QED) is 0.128. The average molecular weight is 809 g/mol. The van der Waals surface area contributed by atoms with Crippen LogP contribution in [0.25, 0.3) is 11.1 Å². The topological polar surface area (TPSA) is 6.48 Å². The first-order chi connectivity index (χ1) is 31.2. The van der Waals surface area contributed by atoms with E-state index in [-0.39, 0.29) is 0 Å². The van der Waals surface area contributed by atoms with E-state index in [0.717, 1.165) is 54.9 Å². The highest BCUT2D eigenvalue weighted by molar-refractivity contribution is 5.88. The van der Waals surface area contributed by atoms with Gasteiger partial charge in [0, 0.05) is 28.4 Å². The molecule has 0 N–H and O–H groups in total. The van der Waals surface area contributed by atoms with Crippen molar-refractivity contribution in [1.82, 2.24) is 0 Å². The Morgan fingerprint density at radius 1 is 0.349 bits per heavy atom. The number of hydrogen-bond donors (Lipinski definition) is 0. The van der Waals surface area contributed by atoms with Crippen molar-refractivity contribution in [2.24, 2.45) is 0 Å². The Morgan fingerprint density at radius 3 is 1.22 bits per heavy atom. The van der Waals surface area contributed by atoms with Gasteiger partial charge in [-0.15, -0.1) is 0 Å². The van der Waals surface area contributed by atoms with Gasteiger partial charge < -0.3 is 9.80 Å². The van der Waals surface area contributed by atoms with Crippen LogP contribution in [0.4, 0.5) is 34.1 Å². The molecule has 2 nitrogen and oxygen atoms in total. The van der Waals surface area contributed by atoms with E-state index in [9.17, 15) is 0 Å². The molecular weight excluding hydrogens is 761 g/mol. The van der Waals surface area contributed by atoms with Gasteiger partial charge in [0.25, 0.3) is 0 Å². The molecule has 12 rings (SSSR count). The van der Waals surface area contributed by atoms with Crippen molar-refractivity contribution in [1.29, 1.82) is 0 Å². The summed E-state index contributed by atoms with van der Waals surface area (Å²) in [5.74, 6) is 0. The monoisotopic (exact) mass is 808 g/mol. The summed E-state index contributed by atoms with van der Waals surface area (Å²) in [7, 11) is 0. The number of hydrogen-bond acceptors (Lipinski definition) is 2. The number of para-hydroxylation sites is 4. The van der Waals surface area contributed by atoms with E-state index in [4.69, 9.17) is 0 Å². The zero-order valence-corrected chi connectivity index (χ0v) is 35.4. The van der Waals surface area contributed by atoms with E-state index in [1.54, 1.807) is 0 Å². The number of rotatable bonds is 11. The van der Waals surface area contributed by atoms with Crippen molar-refractivity contribution in [3.8, 4) is 11.1 Å². The molecule has 0 fully saturated rings. The van der Waals surface area contributed by atoms with Crippen molar-refractivity contribution in [2.45, 2.75) is 43.9 Å². The first kappa shape index (κ1) is 37.4. The minimum atomic E-state index is -0.448. The van der Waals surface area contributed by atoms with Crippen molar-refractivity contribution in [3.63, 3.8) is 0 Å². The number of benzene rings is 9. The summed E-state index contributed by atoms with van der Waals surface area (Å²) < 4.78 is 0. The lowest BCUT2D eigenvalue weighted by atomic mass is 9.67. The Labute approximate surface area is 371 Å². The molecular formula is C61H48N2. The fraction of sp³-hybridized carbons (Fsp3) is 0.115. The van der Waals surface area contributed by atoms with E-state index in [0.29, 0.717) is 0 Å². The molecule has 0 saturated carbocycles. The first-order valence-corrected chi connectivity index (χ1v) is 22.6. The maximum Gasteiger partial charge on any atom is 0.0504 e. The van der Waals surface area contributed by atoms with Gasteiger partial charge in [-0.05, 0) is 166 Å². The Kier molecular flexibility index (Phi) is 9.18. The fourth-order valence-electron chi connectivity index (χ4n) is 10.8. The normalized spacial score (nSPS) is 13.7. The van der Waals surface area contributed by atoms with Crippen LogP contribution in [0, 0.1) is 0 Å². The molecule has 0 saturated heterocycles. The van der Waals surface area contributed by atoms with Gasteiger partial charge >= 0.3 is 0 Å². The van der Waals surface area contributed by atoms with E-state index >= 15 is 0 Å². The molecule has 0 spiro atoms. The molecule has 2 heteroatoms. The Balaban J connectivity index is 1.18. The van der Waals surface area contributed by atoms with E-state index in [1.807, 2.05) is 0 Å². The Morgan fingerprint density at radius 2 is 0.762 bits per heavy atom. The van der Waals surface area contributed by atoms with E-state index in [1.165, 1.54) is 84.6 Å². The lowest BCUT2D eigenvalue weighted by Crippen LogP contribution is -2.31. The third-order valence-corrected chi connectivity index (χ3v) is 14.0. The summed E-state index contributed by atoms with van der Waals surface area (Å²) >= 11 is 0. The first-order valence-electron chi connectivity index (χ1n) is 22.6. The Bertz CT molecular complexity index is 2990. The largest absolute Gasteiger partial charge is 0.310 e. The second-order valence-electron chi connectivity index (χ2n) is 17.6. The highest BCUT2D eigenvalue weighted by Crippen LogP contribution is 2.56. The number of anilines is 6. The van der Waals surface area contributed by atoms with Gasteiger partial charge in [-0.3, -0.25) is 0 Å². The van der Waals surface area contributed by atoms with Gasteiger partial charge in [-0.1, -0.05) is 158 Å². The summed E-state index contributed by atoms with van der Waals surface area (Å²) in [6.07, 6.45) is 6.18. The minimum Gasteiger partial charge on any atom is -0.310 e. The highest BCUT2D eigenvalue weighted by atomic mass is 15.2. The molecule has 3 aliphatic carbocycles. The standard InChI is InChI=1S/C61H48N2/c1-5-17-51(18-6-1)62(52-19-7-2-8-20-52)59-41-49(42-61(50-36-35-45-32-34-47(45)39-50)57-27-15-13-25-55(57)56-26-14-16-28-58(56)61)60(40-48(59)38-43-29-30-44-31-33-46(44)37-43)63(53-21-9-3-10-22-53)54-23-11-4-12-24-54/h1-30,35-37,39-41H,31-34,38,42H2. The SMILES string of the molecule is c1ccc(N(c2ccccc2)c2cc(CC3(c4ccc5c(c4)CC5)c4ccccc4-c4ccccc43)c(N(c3ccccc3)c3ccccc3)cc2Cc2ccc3c(c2)CC3)cc1. The van der Waals surface area contributed by atoms with Crippen LogP contribution in [-0.2, 0) is 43.9 Å². The molecule has 9 aromatic rings. The van der Waals surface area contributed by atoms with Crippen molar-refractivity contribution >= 4 is 34.1 Å². The van der Waals surface area contributed by atoms with Crippen LogP contribution in [-0.4, -0.2) is 0 Å². The molecule has 302 valence electrons. The van der Waals surface area contributed by atoms with Crippen LogP contribution in [0.2, 0.25) is 0 Å². The van der Waals surface area contributed by atoms with Gasteiger partial charge in [0.05, 0.1) is 11.1 Å². The second-order valence-corrected chi connectivity index (χ2v) is 17.6. The summed E-state index contributed by atoms with van der Waals surface area (Å²) in [5, 5.41) is 0. The van der Waals surface area contributed by atoms with Gasteiger partial charge in [0.2, 0.25) is 0 Å². The second kappa shape index (κ2) is 15.5. The van der Waals surface area contributed by atoms with E-state index in [2.05, 4.69) is 228 Å². The summed E-state index contributed by atoms with van der Waals surface area (Å²) in [6, 6.07) is 82.0. The summed E-state index contributed by atoms with van der Waals surface area (Å²) in [6.45, 7) is 0. The highest BCUT2D eigenvalue weighted by Gasteiger charge is 2.46. The fourth-order valence-corrected chi connectivity index (χ4v) is 10.8. The molecule has 0 atom stereocenters. The molecule has 0 bridgehead atoms. The van der Waals surface area contributed by atoms with Crippen LogP contribution in [0.1, 0.15) is 55.6 Å². The molecule has 9 aromatic carbocycles. The average Bonchev–Trinajstić information content (AvgIpc) is 3.60. The molecule has 3 aliphatic rings. The lowest BCUT2D eigenvalue weighted by molar-refractivity contribution is 0.625. The van der Waals surface area contributed by atoms with Crippen LogP contribution in [0.5, 0.6) is 0 Å². The smallest absolute Gasteiger partial charge is 0.0504 e. The number of fused-ring (bicyclic) bond motifs is 5. The van der Waals surface area contributed by atoms with Crippen molar-refractivity contribution in [2.75, 3.05) is 9.80 Å².